The molecule has 1 fully saturated rings. The first-order valence-corrected chi connectivity index (χ1v) is 7.81. The summed E-state index contributed by atoms with van der Waals surface area (Å²) in [5.41, 5.74) is 0. The summed E-state index contributed by atoms with van der Waals surface area (Å²) < 4.78 is 5.36. The minimum atomic E-state index is -0.255. The summed E-state index contributed by atoms with van der Waals surface area (Å²) in [4.78, 5) is 6.87. The average molecular weight is 281 g/mol. The van der Waals surface area contributed by atoms with Crippen LogP contribution < -0.4 is 0 Å². The summed E-state index contributed by atoms with van der Waals surface area (Å²) >= 11 is 0. The third kappa shape index (κ3) is 4.28. The van der Waals surface area contributed by atoms with Crippen molar-refractivity contribution in [2.45, 2.75) is 77.5 Å². The van der Waals surface area contributed by atoms with Crippen LogP contribution in [0.3, 0.4) is 0 Å². The largest absolute Gasteiger partial charge is 0.393 e. The van der Waals surface area contributed by atoms with Gasteiger partial charge in [-0.05, 0) is 32.7 Å². The minimum Gasteiger partial charge on any atom is -0.393 e. The van der Waals surface area contributed by atoms with E-state index in [1.807, 2.05) is 6.92 Å². The number of hydrogen-bond donors (Lipinski definition) is 1. The Balaban J connectivity index is 2.02. The molecule has 2 rings (SSSR count). The monoisotopic (exact) mass is 281 g/mol. The zero-order valence-corrected chi connectivity index (χ0v) is 12.9. The number of likely N-dealkylation sites (tertiary alicyclic amines) is 1. The van der Waals surface area contributed by atoms with Crippen molar-refractivity contribution in [1.29, 1.82) is 0 Å². The lowest BCUT2D eigenvalue weighted by molar-refractivity contribution is 0.100. The van der Waals surface area contributed by atoms with Crippen molar-refractivity contribution in [3.8, 4) is 0 Å². The summed E-state index contributed by atoms with van der Waals surface area (Å²) in [5.74, 6) is 1.78. The fourth-order valence-electron chi connectivity index (χ4n) is 2.85. The fraction of sp³-hybridized carbons (Fsp3) is 0.867. The first-order chi connectivity index (χ1) is 9.56. The standard InChI is InChI=1S/C15H27N3O2/c1-11(2)15-16-14(20-17-15)10-18-8-6-4-5-7-13(18)9-12(3)19/h11-13,19H,4-10H2,1-3H3. The summed E-state index contributed by atoms with van der Waals surface area (Å²) in [6, 6.07) is 0.423. The maximum Gasteiger partial charge on any atom is 0.240 e. The Labute approximate surface area is 121 Å². The molecular weight excluding hydrogens is 254 g/mol. The maximum atomic E-state index is 9.68. The topological polar surface area (TPSA) is 62.4 Å². The van der Waals surface area contributed by atoms with Crippen LogP contribution in [0.5, 0.6) is 0 Å². The van der Waals surface area contributed by atoms with E-state index in [0.717, 1.165) is 25.2 Å². The molecule has 0 spiro atoms. The van der Waals surface area contributed by atoms with E-state index in [4.69, 9.17) is 4.52 Å². The molecule has 0 bridgehead atoms. The molecule has 1 saturated heterocycles. The van der Waals surface area contributed by atoms with Crippen molar-refractivity contribution in [3.05, 3.63) is 11.7 Å². The minimum absolute atomic E-state index is 0.255. The van der Waals surface area contributed by atoms with Crippen molar-refractivity contribution in [1.82, 2.24) is 15.0 Å². The molecule has 1 aromatic heterocycles. The second-order valence-corrected chi connectivity index (χ2v) is 6.26. The smallest absolute Gasteiger partial charge is 0.240 e. The second kappa shape index (κ2) is 7.18. The number of hydrogen-bond acceptors (Lipinski definition) is 5. The van der Waals surface area contributed by atoms with Gasteiger partial charge in [0.15, 0.2) is 5.82 Å². The maximum absolute atomic E-state index is 9.68. The lowest BCUT2D eigenvalue weighted by Crippen LogP contribution is -2.36. The van der Waals surface area contributed by atoms with Gasteiger partial charge in [-0.2, -0.15) is 4.98 Å². The van der Waals surface area contributed by atoms with Crippen LogP contribution in [0.2, 0.25) is 0 Å². The van der Waals surface area contributed by atoms with E-state index >= 15 is 0 Å². The third-order valence-corrected chi connectivity index (χ3v) is 3.95. The van der Waals surface area contributed by atoms with Crippen molar-refractivity contribution < 1.29 is 9.63 Å². The second-order valence-electron chi connectivity index (χ2n) is 6.26. The van der Waals surface area contributed by atoms with Crippen molar-refractivity contribution in [3.63, 3.8) is 0 Å². The van der Waals surface area contributed by atoms with Crippen molar-refractivity contribution in [2.75, 3.05) is 6.54 Å². The quantitative estimate of drug-likeness (QED) is 0.899. The molecule has 0 saturated carbocycles. The average Bonchev–Trinajstić information content (AvgIpc) is 2.74. The molecule has 114 valence electrons. The summed E-state index contributed by atoms with van der Waals surface area (Å²) in [6.07, 6.45) is 5.44. The highest BCUT2D eigenvalue weighted by Crippen LogP contribution is 2.22. The Morgan fingerprint density at radius 3 is 2.75 bits per heavy atom. The van der Waals surface area contributed by atoms with Gasteiger partial charge >= 0.3 is 0 Å². The third-order valence-electron chi connectivity index (χ3n) is 3.95. The molecule has 2 unspecified atom stereocenters. The highest BCUT2D eigenvalue weighted by atomic mass is 16.5. The van der Waals surface area contributed by atoms with E-state index < -0.39 is 0 Å². The molecule has 1 aromatic rings. The number of aliphatic hydroxyl groups excluding tert-OH is 1. The van der Waals surface area contributed by atoms with E-state index in [9.17, 15) is 5.11 Å². The predicted molar refractivity (Wildman–Crippen MR) is 77.4 cm³/mol. The van der Waals surface area contributed by atoms with Gasteiger partial charge in [0, 0.05) is 12.0 Å². The van der Waals surface area contributed by atoms with Gasteiger partial charge in [0.2, 0.25) is 5.89 Å². The van der Waals surface area contributed by atoms with E-state index in [2.05, 4.69) is 28.9 Å². The normalized spacial score (nSPS) is 22.9. The van der Waals surface area contributed by atoms with Crippen LogP contribution in [0.25, 0.3) is 0 Å². The van der Waals surface area contributed by atoms with Crippen LogP contribution in [0.1, 0.15) is 70.5 Å². The highest BCUT2D eigenvalue weighted by Gasteiger charge is 2.24. The zero-order chi connectivity index (χ0) is 14.5. The van der Waals surface area contributed by atoms with Gasteiger partial charge in [-0.3, -0.25) is 4.90 Å². The number of aliphatic hydroxyl groups is 1. The summed E-state index contributed by atoms with van der Waals surface area (Å²) in [5, 5.41) is 13.7. The van der Waals surface area contributed by atoms with Crippen LogP contribution in [-0.4, -0.2) is 38.8 Å². The molecule has 0 aromatic carbocycles. The molecule has 5 nitrogen and oxygen atoms in total. The molecule has 0 radical (unpaired) electrons. The summed E-state index contributed by atoms with van der Waals surface area (Å²) in [7, 11) is 0. The predicted octanol–water partition coefficient (Wildman–Crippen LogP) is 2.71. The van der Waals surface area contributed by atoms with E-state index in [1.54, 1.807) is 0 Å². The van der Waals surface area contributed by atoms with Crippen LogP contribution in [0.4, 0.5) is 0 Å². The molecule has 1 aliphatic rings. The van der Waals surface area contributed by atoms with Crippen molar-refractivity contribution >= 4 is 0 Å². The Kier molecular flexibility index (Phi) is 5.54. The van der Waals surface area contributed by atoms with Crippen LogP contribution in [-0.2, 0) is 6.54 Å². The van der Waals surface area contributed by atoms with E-state index in [1.165, 1.54) is 19.3 Å². The van der Waals surface area contributed by atoms with Gasteiger partial charge < -0.3 is 9.63 Å². The molecular formula is C15H27N3O2. The number of rotatable bonds is 5. The Morgan fingerprint density at radius 2 is 2.10 bits per heavy atom. The SMILES string of the molecule is CC(O)CC1CCCCCN1Cc1nc(C(C)C)no1. The fourth-order valence-corrected chi connectivity index (χ4v) is 2.85. The highest BCUT2D eigenvalue weighted by molar-refractivity contribution is 4.92. The van der Waals surface area contributed by atoms with Gasteiger partial charge in [0.1, 0.15) is 0 Å². The zero-order valence-electron chi connectivity index (χ0n) is 12.9. The van der Waals surface area contributed by atoms with Crippen molar-refractivity contribution in [2.24, 2.45) is 0 Å². The lowest BCUT2D eigenvalue weighted by Gasteiger charge is -2.29. The number of nitrogens with zero attached hydrogens (tertiary/aromatic N) is 3. The molecule has 5 heteroatoms. The lowest BCUT2D eigenvalue weighted by atomic mass is 10.0. The Hall–Kier alpha value is -0.940. The molecule has 0 amide bonds. The van der Waals surface area contributed by atoms with Gasteiger partial charge in [0.05, 0.1) is 12.6 Å². The van der Waals surface area contributed by atoms with E-state index in [0.29, 0.717) is 24.4 Å². The first kappa shape index (κ1) is 15.4. The van der Waals surface area contributed by atoms with Gasteiger partial charge in [-0.25, -0.2) is 0 Å². The van der Waals surface area contributed by atoms with Gasteiger partial charge in [-0.1, -0.05) is 31.8 Å². The molecule has 0 aliphatic carbocycles. The molecule has 2 atom stereocenters. The first-order valence-electron chi connectivity index (χ1n) is 7.81. The molecule has 2 heterocycles. The van der Waals surface area contributed by atoms with E-state index in [-0.39, 0.29) is 6.10 Å². The van der Waals surface area contributed by atoms with Crippen LogP contribution in [0, 0.1) is 0 Å². The van der Waals surface area contributed by atoms with Crippen LogP contribution >= 0.6 is 0 Å². The number of aromatic nitrogens is 2. The van der Waals surface area contributed by atoms with Crippen LogP contribution in [0.15, 0.2) is 4.52 Å². The molecule has 20 heavy (non-hydrogen) atoms. The molecule has 1 aliphatic heterocycles. The van der Waals surface area contributed by atoms with Gasteiger partial charge in [-0.15, -0.1) is 0 Å². The molecule has 1 N–H and O–H groups in total. The Morgan fingerprint density at radius 1 is 1.30 bits per heavy atom. The summed E-state index contributed by atoms with van der Waals surface area (Å²) in [6.45, 7) is 7.76. The van der Waals surface area contributed by atoms with Gasteiger partial charge in [0.25, 0.3) is 0 Å². The Bertz CT molecular complexity index is 404.